The van der Waals surface area contributed by atoms with Crippen molar-refractivity contribution in [3.63, 3.8) is 0 Å². The summed E-state index contributed by atoms with van der Waals surface area (Å²) in [6.07, 6.45) is 3.46. The molecule has 3 heteroatoms. The maximum absolute atomic E-state index is 3.60. The Hall–Kier alpha value is -0.0238. The lowest BCUT2D eigenvalue weighted by atomic mass is 10.8. The van der Waals surface area contributed by atoms with Crippen molar-refractivity contribution in [2.45, 2.75) is 0 Å². The number of hydrogen-bond donors (Lipinski definition) is 1. The van der Waals surface area contributed by atoms with Crippen molar-refractivity contribution in [2.24, 2.45) is 0 Å². The van der Waals surface area contributed by atoms with Crippen LogP contribution in [0.15, 0.2) is 18.5 Å². The number of aromatic amines is 1. The Morgan fingerprint density at radius 2 is 2.33 bits per heavy atom. The highest BCUT2D eigenvalue weighted by Gasteiger charge is 1.56. The second-order valence-corrected chi connectivity index (χ2v) is 0.766. The highest BCUT2D eigenvalue weighted by atomic mass is 24.3. The van der Waals surface area contributed by atoms with Gasteiger partial charge >= 0.3 is 0 Å². The molecule has 0 saturated carbocycles. The van der Waals surface area contributed by atoms with E-state index in [2.05, 4.69) is 10.2 Å². The molecule has 1 aromatic rings. The summed E-state index contributed by atoms with van der Waals surface area (Å²) in [5.74, 6) is 0. The van der Waals surface area contributed by atoms with Crippen LogP contribution in [0.2, 0.25) is 0 Å². The summed E-state index contributed by atoms with van der Waals surface area (Å²) in [7, 11) is 0. The molecular weight excluding hydrogens is 88.4 g/mol. The van der Waals surface area contributed by atoms with E-state index in [0.717, 1.165) is 0 Å². The minimum Gasteiger partial charge on any atom is -0.286 e. The van der Waals surface area contributed by atoms with Crippen LogP contribution in [-0.4, -0.2) is 33.3 Å². The number of rotatable bonds is 0. The molecule has 0 aromatic carbocycles. The number of aromatic nitrogens is 2. The summed E-state index contributed by atoms with van der Waals surface area (Å²) in [5.41, 5.74) is 0. The molecule has 0 amide bonds. The fourth-order valence-electron chi connectivity index (χ4n) is 0.215. The molecule has 0 spiro atoms. The minimum atomic E-state index is 0. The fourth-order valence-corrected chi connectivity index (χ4v) is 0.215. The van der Waals surface area contributed by atoms with Gasteiger partial charge in [-0.25, -0.2) is 0 Å². The largest absolute Gasteiger partial charge is 0.286 e. The third-order valence-corrected chi connectivity index (χ3v) is 0.406. The van der Waals surface area contributed by atoms with Gasteiger partial charge in [0.1, 0.15) is 0 Å². The number of nitrogens with one attached hydrogen (secondary N) is 1. The van der Waals surface area contributed by atoms with E-state index in [1.54, 1.807) is 12.4 Å². The van der Waals surface area contributed by atoms with Crippen LogP contribution in [0.3, 0.4) is 0 Å². The van der Waals surface area contributed by atoms with Crippen LogP contribution in [0.5, 0.6) is 0 Å². The van der Waals surface area contributed by atoms with E-state index in [9.17, 15) is 0 Å². The van der Waals surface area contributed by atoms with Gasteiger partial charge in [0.25, 0.3) is 0 Å². The van der Waals surface area contributed by atoms with Gasteiger partial charge in [0.05, 0.1) is 0 Å². The first-order valence-electron chi connectivity index (χ1n) is 1.44. The highest BCUT2D eigenvalue weighted by Crippen LogP contribution is 1.64. The quantitative estimate of drug-likeness (QED) is 0.449. The van der Waals surface area contributed by atoms with Crippen LogP contribution < -0.4 is 0 Å². The van der Waals surface area contributed by atoms with Gasteiger partial charge in [-0.05, 0) is 6.07 Å². The van der Waals surface area contributed by atoms with E-state index < -0.39 is 0 Å². The SMILES string of the molecule is [Mg].c1cn[nH]c1. The van der Waals surface area contributed by atoms with Gasteiger partial charge in [-0.3, -0.25) is 5.10 Å². The molecule has 0 saturated heterocycles. The molecule has 0 unspecified atom stereocenters. The summed E-state index contributed by atoms with van der Waals surface area (Å²) in [5, 5.41) is 6.21. The average Bonchev–Trinajstić information content (AvgIpc) is 1.76. The van der Waals surface area contributed by atoms with E-state index in [0.29, 0.717) is 0 Å². The number of nitrogens with zero attached hydrogens (tertiary/aromatic N) is 1. The molecule has 0 bridgehead atoms. The summed E-state index contributed by atoms with van der Waals surface area (Å²) >= 11 is 0. The molecule has 1 N–H and O–H groups in total. The summed E-state index contributed by atoms with van der Waals surface area (Å²) in [6.45, 7) is 0. The molecular formula is C3H4MgN2. The van der Waals surface area contributed by atoms with E-state index >= 15 is 0 Å². The molecule has 2 radical (unpaired) electrons. The molecule has 0 aliphatic rings. The van der Waals surface area contributed by atoms with E-state index in [4.69, 9.17) is 0 Å². The molecule has 2 nitrogen and oxygen atoms in total. The van der Waals surface area contributed by atoms with Crippen LogP contribution in [0, 0.1) is 0 Å². The van der Waals surface area contributed by atoms with Crippen LogP contribution in [0.4, 0.5) is 0 Å². The smallest absolute Gasteiger partial charge is 0.0487 e. The summed E-state index contributed by atoms with van der Waals surface area (Å²) < 4.78 is 0. The third-order valence-electron chi connectivity index (χ3n) is 0.406. The van der Waals surface area contributed by atoms with Gasteiger partial charge in [-0.1, -0.05) is 0 Å². The maximum Gasteiger partial charge on any atom is 0.0487 e. The molecule has 0 aliphatic carbocycles. The zero-order valence-electron chi connectivity index (χ0n) is 3.39. The Balaban J connectivity index is 0.000000250. The van der Waals surface area contributed by atoms with Gasteiger partial charge in [0.2, 0.25) is 0 Å². The maximum atomic E-state index is 3.60. The van der Waals surface area contributed by atoms with Crippen molar-refractivity contribution in [2.75, 3.05) is 0 Å². The van der Waals surface area contributed by atoms with Gasteiger partial charge in [0.15, 0.2) is 0 Å². The summed E-state index contributed by atoms with van der Waals surface area (Å²) in [4.78, 5) is 0. The monoisotopic (exact) mass is 92.0 g/mol. The molecule has 1 aromatic heterocycles. The first-order chi connectivity index (χ1) is 2.50. The molecule has 0 aliphatic heterocycles. The second-order valence-electron chi connectivity index (χ2n) is 0.766. The molecule has 28 valence electrons. The molecule has 0 fully saturated rings. The Bertz CT molecular complexity index is 65.3. The van der Waals surface area contributed by atoms with E-state index in [1.807, 2.05) is 6.07 Å². The van der Waals surface area contributed by atoms with Crippen molar-refractivity contribution < 1.29 is 0 Å². The van der Waals surface area contributed by atoms with Crippen LogP contribution in [0.1, 0.15) is 0 Å². The molecule has 1 heterocycles. The van der Waals surface area contributed by atoms with Crippen molar-refractivity contribution >= 4 is 23.1 Å². The first kappa shape index (κ1) is 5.98. The highest BCUT2D eigenvalue weighted by molar-refractivity contribution is 5.75. The molecule has 1 rings (SSSR count). The zero-order valence-corrected chi connectivity index (χ0v) is 4.80. The van der Waals surface area contributed by atoms with Crippen molar-refractivity contribution in [3.8, 4) is 0 Å². The molecule has 6 heavy (non-hydrogen) atoms. The lowest BCUT2D eigenvalue weighted by molar-refractivity contribution is 1.09. The number of hydrogen-bond acceptors (Lipinski definition) is 1. The van der Waals surface area contributed by atoms with E-state index in [-0.39, 0.29) is 23.1 Å². The van der Waals surface area contributed by atoms with Crippen LogP contribution in [0.25, 0.3) is 0 Å². The Morgan fingerprint density at radius 1 is 1.50 bits per heavy atom. The lowest BCUT2D eigenvalue weighted by Crippen LogP contribution is -1.53. The van der Waals surface area contributed by atoms with Crippen molar-refractivity contribution in [1.82, 2.24) is 10.2 Å². The van der Waals surface area contributed by atoms with Gasteiger partial charge in [-0.2, -0.15) is 5.10 Å². The topological polar surface area (TPSA) is 28.7 Å². The minimum absolute atomic E-state index is 0. The van der Waals surface area contributed by atoms with Gasteiger partial charge in [0, 0.05) is 35.4 Å². The van der Waals surface area contributed by atoms with Crippen LogP contribution in [-0.2, 0) is 0 Å². The van der Waals surface area contributed by atoms with Gasteiger partial charge < -0.3 is 0 Å². The predicted molar refractivity (Wildman–Crippen MR) is 24.3 cm³/mol. The predicted octanol–water partition coefficient (Wildman–Crippen LogP) is 0.0289. The lowest BCUT2D eigenvalue weighted by Gasteiger charge is -1.49. The first-order valence-corrected chi connectivity index (χ1v) is 1.44. The van der Waals surface area contributed by atoms with Crippen LogP contribution >= 0.6 is 0 Å². The van der Waals surface area contributed by atoms with Gasteiger partial charge in [-0.15, -0.1) is 0 Å². The molecule has 0 atom stereocenters. The Labute approximate surface area is 52.1 Å². The van der Waals surface area contributed by atoms with Crippen molar-refractivity contribution in [3.05, 3.63) is 18.5 Å². The second kappa shape index (κ2) is 3.18. The van der Waals surface area contributed by atoms with Crippen molar-refractivity contribution in [1.29, 1.82) is 0 Å². The zero-order chi connectivity index (χ0) is 3.54. The standard InChI is InChI=1S/C3H4N2.Mg/c1-2-4-5-3-1;/h1-3H,(H,4,5);. The average molecular weight is 92.4 g/mol. The third kappa shape index (κ3) is 1.42. The Kier molecular flexibility index (Phi) is 3.16. The summed E-state index contributed by atoms with van der Waals surface area (Å²) in [6, 6.07) is 1.83. The van der Waals surface area contributed by atoms with E-state index in [1.165, 1.54) is 0 Å². The fraction of sp³-hybridized carbons (Fsp3) is 0. The number of H-pyrrole nitrogens is 1. The normalized spacial score (nSPS) is 6.67. The Morgan fingerprint density at radius 3 is 2.50 bits per heavy atom.